The van der Waals surface area contributed by atoms with Crippen LogP contribution >= 0.6 is 0 Å². The summed E-state index contributed by atoms with van der Waals surface area (Å²) in [6.07, 6.45) is 82.5. The van der Waals surface area contributed by atoms with Crippen molar-refractivity contribution in [3.63, 3.8) is 0 Å². The highest BCUT2D eigenvalue weighted by atomic mass is 16.6. The van der Waals surface area contributed by atoms with Gasteiger partial charge < -0.3 is 14.2 Å². The van der Waals surface area contributed by atoms with Crippen molar-refractivity contribution in [1.29, 1.82) is 0 Å². The topological polar surface area (TPSA) is 78.9 Å². The van der Waals surface area contributed by atoms with Gasteiger partial charge in [0.2, 0.25) is 0 Å². The Bertz CT molecular complexity index is 1650. The summed E-state index contributed by atoms with van der Waals surface area (Å²) in [7, 11) is 0. The highest BCUT2D eigenvalue weighted by Gasteiger charge is 2.19. The van der Waals surface area contributed by atoms with Crippen molar-refractivity contribution in [2.45, 2.75) is 194 Å². The van der Waals surface area contributed by atoms with E-state index in [0.717, 1.165) is 135 Å². The third-order valence-electron chi connectivity index (χ3n) is 10.2. The van der Waals surface area contributed by atoms with E-state index in [1.807, 2.05) is 0 Å². The Kier molecular flexibility index (Phi) is 51.2. The number of unbranched alkanes of at least 4 members (excludes halogenated alkanes) is 6. The Morgan fingerprint density at radius 1 is 0.304 bits per heavy atom. The van der Waals surface area contributed by atoms with Gasteiger partial charge >= 0.3 is 17.9 Å². The zero-order valence-electron chi connectivity index (χ0n) is 43.5. The van der Waals surface area contributed by atoms with E-state index in [9.17, 15) is 14.4 Å². The first kappa shape index (κ1) is 63.8. The monoisotopic (exact) mass is 947 g/mol. The smallest absolute Gasteiger partial charge is 0.306 e. The summed E-state index contributed by atoms with van der Waals surface area (Å²) in [5.74, 6) is -1.08. The fourth-order valence-electron chi connectivity index (χ4n) is 6.30. The molecule has 6 heteroatoms. The molecule has 0 aromatic rings. The number of esters is 3. The quantitative estimate of drug-likeness (QED) is 0.0262. The number of ether oxygens (including phenoxy) is 3. The average molecular weight is 947 g/mol. The van der Waals surface area contributed by atoms with E-state index in [4.69, 9.17) is 14.2 Å². The Morgan fingerprint density at radius 2 is 0.565 bits per heavy atom. The molecular formula is C63H94O6. The second-order valence-electron chi connectivity index (χ2n) is 16.7. The van der Waals surface area contributed by atoms with Gasteiger partial charge in [-0.05, 0) is 122 Å². The average Bonchev–Trinajstić information content (AvgIpc) is 3.35. The molecule has 0 spiro atoms. The Morgan fingerprint density at radius 3 is 0.870 bits per heavy atom. The van der Waals surface area contributed by atoms with Crippen molar-refractivity contribution >= 4 is 17.9 Å². The van der Waals surface area contributed by atoms with Crippen molar-refractivity contribution in [3.8, 4) is 0 Å². The normalized spacial score (nSPS) is 13.5. The molecule has 0 aliphatic rings. The minimum atomic E-state index is -0.838. The van der Waals surface area contributed by atoms with Crippen molar-refractivity contribution in [3.05, 3.63) is 170 Å². The molecule has 6 nitrogen and oxygen atoms in total. The van der Waals surface area contributed by atoms with Gasteiger partial charge in [-0.15, -0.1) is 0 Å². The van der Waals surface area contributed by atoms with Gasteiger partial charge in [-0.3, -0.25) is 14.4 Å². The molecule has 0 amide bonds. The highest BCUT2D eigenvalue weighted by molar-refractivity contribution is 5.71. The molecule has 69 heavy (non-hydrogen) atoms. The molecule has 0 aliphatic heterocycles. The summed E-state index contributed by atoms with van der Waals surface area (Å²) in [6.45, 7) is 6.19. The summed E-state index contributed by atoms with van der Waals surface area (Å²) in [5.41, 5.74) is 0. The third kappa shape index (κ3) is 53.6. The minimum absolute atomic E-state index is 0.129. The van der Waals surface area contributed by atoms with Crippen LogP contribution in [0.4, 0.5) is 0 Å². The molecule has 0 aliphatic carbocycles. The fraction of sp³-hybridized carbons (Fsp3) is 0.508. The maximum atomic E-state index is 12.7. The molecular weight excluding hydrogens is 853 g/mol. The number of allylic oxidation sites excluding steroid dienone is 28. The van der Waals surface area contributed by atoms with Gasteiger partial charge in [0, 0.05) is 19.3 Å². The van der Waals surface area contributed by atoms with Crippen LogP contribution in [0.25, 0.3) is 0 Å². The molecule has 0 aromatic carbocycles. The van der Waals surface area contributed by atoms with Crippen LogP contribution < -0.4 is 0 Å². The van der Waals surface area contributed by atoms with Crippen LogP contribution in [0, 0.1) is 0 Å². The Labute approximate surface area is 422 Å². The van der Waals surface area contributed by atoms with E-state index in [1.54, 1.807) is 0 Å². The Hall–Kier alpha value is -5.23. The number of hydrogen-bond acceptors (Lipinski definition) is 6. The predicted molar refractivity (Wildman–Crippen MR) is 297 cm³/mol. The van der Waals surface area contributed by atoms with Gasteiger partial charge in [0.15, 0.2) is 6.10 Å². The van der Waals surface area contributed by atoms with Crippen molar-refractivity contribution in [2.24, 2.45) is 0 Å². The highest BCUT2D eigenvalue weighted by Crippen LogP contribution is 2.10. The van der Waals surface area contributed by atoms with Crippen LogP contribution in [-0.2, 0) is 28.6 Å². The van der Waals surface area contributed by atoms with E-state index >= 15 is 0 Å². The number of rotatable bonds is 45. The van der Waals surface area contributed by atoms with Gasteiger partial charge in [-0.1, -0.05) is 217 Å². The zero-order chi connectivity index (χ0) is 50.0. The summed E-state index contributed by atoms with van der Waals surface area (Å²) < 4.78 is 16.6. The van der Waals surface area contributed by atoms with Crippen molar-refractivity contribution in [2.75, 3.05) is 13.2 Å². The maximum absolute atomic E-state index is 12.7. The third-order valence-corrected chi connectivity index (χ3v) is 10.2. The molecule has 1 atom stereocenters. The zero-order valence-corrected chi connectivity index (χ0v) is 43.5. The molecule has 0 heterocycles. The molecule has 0 saturated heterocycles. The van der Waals surface area contributed by atoms with Gasteiger partial charge in [0.25, 0.3) is 0 Å². The second kappa shape index (κ2) is 55.4. The first-order chi connectivity index (χ1) is 34.0. The van der Waals surface area contributed by atoms with Gasteiger partial charge in [0.1, 0.15) is 13.2 Å². The number of carbonyl (C=O) groups excluding carboxylic acids is 3. The lowest BCUT2D eigenvalue weighted by molar-refractivity contribution is -0.167. The van der Waals surface area contributed by atoms with Crippen molar-refractivity contribution < 1.29 is 28.6 Å². The van der Waals surface area contributed by atoms with E-state index < -0.39 is 12.1 Å². The second-order valence-corrected chi connectivity index (χ2v) is 16.7. The molecule has 1 unspecified atom stereocenters. The van der Waals surface area contributed by atoms with Crippen LogP contribution in [0.1, 0.15) is 188 Å². The van der Waals surface area contributed by atoms with E-state index in [1.165, 1.54) is 0 Å². The van der Waals surface area contributed by atoms with Crippen molar-refractivity contribution in [1.82, 2.24) is 0 Å². The van der Waals surface area contributed by atoms with Crippen LogP contribution in [-0.4, -0.2) is 37.2 Å². The molecule has 0 aromatic heterocycles. The molecule has 0 saturated carbocycles. The summed E-state index contributed by atoms with van der Waals surface area (Å²) in [6, 6.07) is 0. The largest absolute Gasteiger partial charge is 0.462 e. The predicted octanol–water partition coefficient (Wildman–Crippen LogP) is 18.0. The standard InChI is InChI=1S/C63H94O6/c1-4-7-10-13-15-17-19-21-23-25-27-29-31-33-35-37-39-41-43-45-47-50-53-56-62(65)68-59-60(58-67-61(64)55-52-49-12-9-6-3)69-63(66)57-54-51-48-46-44-42-40-38-36-34-32-30-28-26-24-22-20-18-16-14-11-8-5-2/h7-8,10-11,15-18,21-24,27-30,33-36,39-42,45-48,60H,4-6,9,12-14,19-20,25-26,31-32,37-38,43-44,49-59H2,1-3H3/b10-7-,11-8-,17-15-,18-16-,23-21-,24-22-,29-27-,30-28-,35-33-,36-34-,41-39-,42-40-,47-45-,48-46-. The SMILES string of the molecule is CC/C=C\C/C=C\C/C=C\C/C=C\C/C=C\C/C=C\C/C=C\CCCC(=O)OCC(COC(=O)CCCCCCC)OC(=O)CCC/C=C\C/C=C\C/C=C\C/C=C\C/C=C\C/C=C\C/C=C\CC. The first-order valence-electron chi connectivity index (χ1n) is 26.6. The van der Waals surface area contributed by atoms with Crippen LogP contribution in [0.2, 0.25) is 0 Å². The lowest BCUT2D eigenvalue weighted by Gasteiger charge is -2.18. The van der Waals surface area contributed by atoms with Gasteiger partial charge in [-0.25, -0.2) is 0 Å². The summed E-state index contributed by atoms with van der Waals surface area (Å²) in [5, 5.41) is 0. The van der Waals surface area contributed by atoms with Gasteiger partial charge in [-0.2, -0.15) is 0 Å². The molecule has 382 valence electrons. The van der Waals surface area contributed by atoms with E-state index in [0.29, 0.717) is 19.3 Å². The van der Waals surface area contributed by atoms with Gasteiger partial charge in [0.05, 0.1) is 0 Å². The van der Waals surface area contributed by atoms with Crippen LogP contribution in [0.15, 0.2) is 170 Å². The lowest BCUT2D eigenvalue weighted by Crippen LogP contribution is -2.30. The van der Waals surface area contributed by atoms with E-state index in [-0.39, 0.29) is 38.0 Å². The van der Waals surface area contributed by atoms with Crippen LogP contribution in [0.3, 0.4) is 0 Å². The molecule has 0 bridgehead atoms. The van der Waals surface area contributed by atoms with E-state index in [2.05, 4.69) is 191 Å². The molecule has 0 radical (unpaired) electrons. The number of hydrogen-bond donors (Lipinski definition) is 0. The first-order valence-corrected chi connectivity index (χ1v) is 26.6. The maximum Gasteiger partial charge on any atom is 0.306 e. The molecule has 0 N–H and O–H groups in total. The number of carbonyl (C=O) groups is 3. The fourth-order valence-corrected chi connectivity index (χ4v) is 6.30. The van der Waals surface area contributed by atoms with Crippen LogP contribution in [0.5, 0.6) is 0 Å². The summed E-state index contributed by atoms with van der Waals surface area (Å²) in [4.78, 5) is 37.7. The molecule has 0 rings (SSSR count). The minimum Gasteiger partial charge on any atom is -0.462 e. The molecule has 0 fully saturated rings. The lowest BCUT2D eigenvalue weighted by atomic mass is 10.1. The summed E-state index contributed by atoms with van der Waals surface area (Å²) >= 11 is 0. The Balaban J connectivity index is 4.41.